The fourth-order valence-corrected chi connectivity index (χ4v) is 3.79. The Bertz CT molecular complexity index is 940. The van der Waals surface area contributed by atoms with Crippen molar-refractivity contribution in [3.8, 4) is 0 Å². The summed E-state index contributed by atoms with van der Waals surface area (Å²) in [7, 11) is 0. The molecule has 5 nitrogen and oxygen atoms in total. The quantitative estimate of drug-likeness (QED) is 0.653. The van der Waals surface area contributed by atoms with Gasteiger partial charge in [0, 0.05) is 37.5 Å². The van der Waals surface area contributed by atoms with Crippen LogP contribution in [0.1, 0.15) is 29.6 Å². The van der Waals surface area contributed by atoms with Crippen molar-refractivity contribution in [1.29, 1.82) is 0 Å². The van der Waals surface area contributed by atoms with Crippen LogP contribution in [-0.2, 0) is 11.3 Å². The highest BCUT2D eigenvalue weighted by atomic mass is 16.2. The van der Waals surface area contributed by atoms with Crippen LogP contribution in [0.5, 0.6) is 0 Å². The Morgan fingerprint density at radius 2 is 1.67 bits per heavy atom. The average Bonchev–Trinajstić information content (AvgIpc) is 3.15. The van der Waals surface area contributed by atoms with Crippen molar-refractivity contribution < 1.29 is 9.59 Å². The van der Waals surface area contributed by atoms with Gasteiger partial charge < -0.3 is 9.47 Å². The molecular weight excluding hydrogens is 338 g/mol. The monoisotopic (exact) mass is 361 g/mol. The van der Waals surface area contributed by atoms with Crippen LogP contribution in [0.25, 0.3) is 11.0 Å². The van der Waals surface area contributed by atoms with Crippen LogP contribution in [0.4, 0.5) is 0 Å². The maximum absolute atomic E-state index is 12.6. The van der Waals surface area contributed by atoms with E-state index in [1.165, 1.54) is 0 Å². The summed E-state index contributed by atoms with van der Waals surface area (Å²) in [4.78, 5) is 31.4. The Balaban J connectivity index is 1.30. The minimum absolute atomic E-state index is 0.0223. The Kier molecular flexibility index (Phi) is 5.01. The van der Waals surface area contributed by atoms with Crippen LogP contribution >= 0.6 is 0 Å². The van der Waals surface area contributed by atoms with Crippen molar-refractivity contribution in [3.05, 3.63) is 66.5 Å². The highest BCUT2D eigenvalue weighted by Gasteiger charge is 2.27. The first-order valence-electron chi connectivity index (χ1n) is 9.49. The summed E-state index contributed by atoms with van der Waals surface area (Å²) in [5, 5.41) is 0. The second-order valence-corrected chi connectivity index (χ2v) is 7.06. The highest BCUT2D eigenvalue weighted by molar-refractivity contribution is 5.98. The number of hydrogen-bond donors (Lipinski definition) is 0. The number of Topliss-reactive ketones (excluding diaryl/α,β-unsaturated/α-hetero) is 1. The lowest BCUT2D eigenvalue weighted by Gasteiger charge is -2.31. The summed E-state index contributed by atoms with van der Waals surface area (Å²) < 4.78 is 2.03. The molecule has 0 saturated carbocycles. The average molecular weight is 361 g/mol. The van der Waals surface area contributed by atoms with Crippen molar-refractivity contribution in [1.82, 2.24) is 14.5 Å². The number of carbonyl (C=O) groups excluding carboxylic acids is 2. The van der Waals surface area contributed by atoms with Crippen molar-refractivity contribution in [2.45, 2.75) is 25.8 Å². The number of carbonyl (C=O) groups is 2. The summed E-state index contributed by atoms with van der Waals surface area (Å²) in [6.45, 7) is 1.95. The lowest BCUT2D eigenvalue weighted by molar-refractivity contribution is -0.132. The predicted molar refractivity (Wildman–Crippen MR) is 104 cm³/mol. The van der Waals surface area contributed by atoms with Crippen LogP contribution < -0.4 is 0 Å². The lowest BCUT2D eigenvalue weighted by atomic mass is 9.89. The van der Waals surface area contributed by atoms with E-state index in [-0.39, 0.29) is 17.6 Å². The van der Waals surface area contributed by atoms with E-state index in [2.05, 4.69) is 4.98 Å². The molecule has 1 aliphatic rings. The zero-order valence-electron chi connectivity index (χ0n) is 15.3. The Morgan fingerprint density at radius 1 is 0.963 bits per heavy atom. The van der Waals surface area contributed by atoms with Crippen molar-refractivity contribution in [3.63, 3.8) is 0 Å². The van der Waals surface area contributed by atoms with Crippen molar-refractivity contribution in [2.75, 3.05) is 13.1 Å². The Hall–Kier alpha value is -2.95. The number of nitrogens with zero attached hydrogens (tertiary/aromatic N) is 3. The van der Waals surface area contributed by atoms with Crippen LogP contribution in [-0.4, -0.2) is 39.2 Å². The number of imidazole rings is 1. The summed E-state index contributed by atoms with van der Waals surface area (Å²) in [6.07, 6.45) is 3.74. The number of ketones is 1. The van der Waals surface area contributed by atoms with Gasteiger partial charge in [-0.1, -0.05) is 42.5 Å². The second kappa shape index (κ2) is 7.74. The third-order valence-corrected chi connectivity index (χ3v) is 5.37. The molecule has 2 aromatic carbocycles. The lowest BCUT2D eigenvalue weighted by Crippen LogP contribution is -2.40. The first-order valence-corrected chi connectivity index (χ1v) is 9.49. The smallest absolute Gasteiger partial charge is 0.224 e. The van der Waals surface area contributed by atoms with E-state index in [9.17, 15) is 9.59 Å². The number of hydrogen-bond acceptors (Lipinski definition) is 3. The van der Waals surface area contributed by atoms with E-state index < -0.39 is 0 Å². The molecule has 5 heteroatoms. The largest absolute Gasteiger partial charge is 0.343 e. The molecule has 0 bridgehead atoms. The SMILES string of the molecule is O=C(c1ccccc1)C1CCN(C(=O)CCn2cnc3ccccc32)CC1. The van der Waals surface area contributed by atoms with Gasteiger partial charge in [-0.2, -0.15) is 0 Å². The molecular formula is C22H23N3O2. The molecule has 0 atom stereocenters. The molecule has 4 rings (SSSR count). The van der Waals surface area contributed by atoms with E-state index >= 15 is 0 Å². The highest BCUT2D eigenvalue weighted by Crippen LogP contribution is 2.22. The molecule has 0 N–H and O–H groups in total. The third-order valence-electron chi connectivity index (χ3n) is 5.37. The summed E-state index contributed by atoms with van der Waals surface area (Å²) in [6, 6.07) is 17.4. The molecule has 1 aromatic heterocycles. The van der Waals surface area contributed by atoms with E-state index in [4.69, 9.17) is 0 Å². The number of fused-ring (bicyclic) bond motifs is 1. The number of amides is 1. The first kappa shape index (κ1) is 17.5. The maximum atomic E-state index is 12.6. The van der Waals surface area contributed by atoms with Crippen LogP contribution in [0.2, 0.25) is 0 Å². The van der Waals surface area contributed by atoms with Crippen LogP contribution in [0, 0.1) is 5.92 Å². The molecule has 1 amide bonds. The van der Waals surface area contributed by atoms with Crippen LogP contribution in [0.3, 0.4) is 0 Å². The number of para-hydroxylation sites is 2. The number of piperidine rings is 1. The summed E-state index contributed by atoms with van der Waals surface area (Å²) >= 11 is 0. The van der Waals surface area contributed by atoms with E-state index in [1.807, 2.05) is 64.1 Å². The second-order valence-electron chi connectivity index (χ2n) is 7.06. The minimum Gasteiger partial charge on any atom is -0.343 e. The number of benzene rings is 2. The molecule has 3 aromatic rings. The van der Waals surface area contributed by atoms with Gasteiger partial charge in [-0.15, -0.1) is 0 Å². The van der Waals surface area contributed by atoms with E-state index in [1.54, 1.807) is 6.33 Å². The molecule has 0 radical (unpaired) electrons. The molecule has 0 spiro atoms. The molecule has 0 unspecified atom stereocenters. The number of aryl methyl sites for hydroxylation is 1. The molecule has 1 aliphatic heterocycles. The fourth-order valence-electron chi connectivity index (χ4n) is 3.79. The van der Waals surface area contributed by atoms with Gasteiger partial charge in [0.25, 0.3) is 0 Å². The topological polar surface area (TPSA) is 55.2 Å². The standard InChI is InChI=1S/C22H23N3O2/c26-21(12-15-25-16-23-19-8-4-5-9-20(19)25)24-13-10-18(11-14-24)22(27)17-6-2-1-3-7-17/h1-9,16,18H,10-15H2. The zero-order valence-corrected chi connectivity index (χ0v) is 15.3. The Labute approximate surface area is 158 Å². The van der Waals surface area contributed by atoms with Gasteiger partial charge in [0.05, 0.1) is 17.4 Å². The van der Waals surface area contributed by atoms with Gasteiger partial charge in [0.15, 0.2) is 5.78 Å². The van der Waals surface area contributed by atoms with Gasteiger partial charge in [-0.3, -0.25) is 9.59 Å². The van der Waals surface area contributed by atoms with Gasteiger partial charge in [0.2, 0.25) is 5.91 Å². The molecule has 1 fully saturated rings. The molecule has 2 heterocycles. The summed E-state index contributed by atoms with van der Waals surface area (Å²) in [5.74, 6) is 0.375. The van der Waals surface area contributed by atoms with E-state index in [0.29, 0.717) is 26.1 Å². The zero-order chi connectivity index (χ0) is 18.6. The Morgan fingerprint density at radius 3 is 2.44 bits per heavy atom. The maximum Gasteiger partial charge on any atom is 0.224 e. The van der Waals surface area contributed by atoms with Crippen molar-refractivity contribution >= 4 is 22.7 Å². The fraction of sp³-hybridized carbons (Fsp3) is 0.318. The van der Waals surface area contributed by atoms with Crippen LogP contribution in [0.15, 0.2) is 60.9 Å². The van der Waals surface area contributed by atoms with Gasteiger partial charge in [-0.05, 0) is 25.0 Å². The van der Waals surface area contributed by atoms with Gasteiger partial charge >= 0.3 is 0 Å². The number of aromatic nitrogens is 2. The molecule has 138 valence electrons. The molecule has 0 aliphatic carbocycles. The first-order chi connectivity index (χ1) is 13.2. The molecule has 27 heavy (non-hydrogen) atoms. The summed E-state index contributed by atoms with van der Waals surface area (Å²) in [5.41, 5.74) is 2.77. The molecule has 1 saturated heterocycles. The van der Waals surface area contributed by atoms with Crippen molar-refractivity contribution in [2.24, 2.45) is 5.92 Å². The number of rotatable bonds is 5. The van der Waals surface area contributed by atoms with Gasteiger partial charge in [-0.25, -0.2) is 4.98 Å². The van der Waals surface area contributed by atoms with E-state index in [0.717, 1.165) is 29.4 Å². The minimum atomic E-state index is 0.0223. The number of likely N-dealkylation sites (tertiary alicyclic amines) is 1. The van der Waals surface area contributed by atoms with Gasteiger partial charge in [0.1, 0.15) is 0 Å². The normalized spacial score (nSPS) is 15.2. The third kappa shape index (κ3) is 3.77. The predicted octanol–water partition coefficient (Wildman–Crippen LogP) is 3.55.